The summed E-state index contributed by atoms with van der Waals surface area (Å²) in [4.78, 5) is 42.3. The zero-order chi connectivity index (χ0) is 18.1. The molecular weight excluding hydrogens is 352 g/mol. The van der Waals surface area contributed by atoms with Gasteiger partial charge < -0.3 is 4.74 Å². The fourth-order valence-electron chi connectivity index (χ4n) is 3.49. The lowest BCUT2D eigenvalue weighted by atomic mass is 9.85. The van der Waals surface area contributed by atoms with Gasteiger partial charge in [0, 0.05) is 6.54 Å². The molecular formula is C19H18N2O4S. The van der Waals surface area contributed by atoms with Crippen LogP contribution in [-0.2, 0) is 25.7 Å². The van der Waals surface area contributed by atoms with E-state index in [1.165, 1.54) is 16.2 Å². The van der Waals surface area contributed by atoms with Gasteiger partial charge in [-0.05, 0) is 25.0 Å². The predicted octanol–water partition coefficient (Wildman–Crippen LogP) is 2.68. The molecule has 0 unspecified atom stereocenters. The van der Waals surface area contributed by atoms with E-state index in [0.29, 0.717) is 12.8 Å². The average molecular weight is 370 g/mol. The van der Waals surface area contributed by atoms with E-state index in [4.69, 9.17) is 4.74 Å². The number of allylic oxidation sites excluding steroid dienone is 2. The summed E-state index contributed by atoms with van der Waals surface area (Å²) in [6.07, 6.45) is 5.11. The second-order valence-corrected chi connectivity index (χ2v) is 7.59. The number of imide groups is 1. The van der Waals surface area contributed by atoms with Crippen LogP contribution in [0.2, 0.25) is 0 Å². The number of esters is 1. The molecule has 1 aromatic carbocycles. The van der Waals surface area contributed by atoms with Crippen LogP contribution < -0.4 is 0 Å². The van der Waals surface area contributed by atoms with E-state index in [-0.39, 0.29) is 43.2 Å². The molecule has 26 heavy (non-hydrogen) atoms. The van der Waals surface area contributed by atoms with Crippen molar-refractivity contribution in [2.24, 2.45) is 11.8 Å². The third-order valence-corrected chi connectivity index (χ3v) is 5.84. The highest BCUT2D eigenvalue weighted by Gasteiger charge is 2.46. The van der Waals surface area contributed by atoms with Gasteiger partial charge in [-0.15, -0.1) is 11.3 Å². The Hall–Kier alpha value is -2.54. The van der Waals surface area contributed by atoms with Crippen LogP contribution in [0.4, 0.5) is 0 Å². The van der Waals surface area contributed by atoms with Crippen LogP contribution in [0, 0.1) is 11.8 Å². The maximum Gasteiger partial charge on any atom is 0.308 e. The van der Waals surface area contributed by atoms with Gasteiger partial charge in [-0.3, -0.25) is 19.3 Å². The lowest BCUT2D eigenvalue weighted by Crippen LogP contribution is -2.33. The molecule has 1 aliphatic heterocycles. The second-order valence-electron chi connectivity index (χ2n) is 6.47. The standard InChI is InChI=1S/C19H18N2O4S/c22-17(25-11-16-20-14-7-3-4-8-15(14)26-16)9-10-21-18(23)12-5-1-2-6-13(12)19(21)24/h1-4,7-8,12-13H,5-6,9-11H2/t12-,13-/m1/s1. The highest BCUT2D eigenvalue weighted by molar-refractivity contribution is 7.18. The molecule has 2 amide bonds. The lowest BCUT2D eigenvalue weighted by Gasteiger charge is -2.14. The van der Waals surface area contributed by atoms with Crippen LogP contribution >= 0.6 is 11.3 Å². The van der Waals surface area contributed by atoms with Gasteiger partial charge in [0.1, 0.15) is 11.6 Å². The number of benzene rings is 1. The average Bonchev–Trinajstić information content (AvgIpc) is 3.18. The summed E-state index contributed by atoms with van der Waals surface area (Å²) in [7, 11) is 0. The summed E-state index contributed by atoms with van der Waals surface area (Å²) < 4.78 is 6.30. The number of aromatic nitrogens is 1. The SMILES string of the molecule is O=C(CCN1C(=O)[C@@H]2CC=CC[C@H]2C1=O)OCc1nc2ccccc2s1. The third kappa shape index (κ3) is 3.14. The molecule has 0 radical (unpaired) electrons. The first-order valence-corrected chi connectivity index (χ1v) is 9.45. The molecule has 134 valence electrons. The van der Waals surface area contributed by atoms with Gasteiger partial charge in [-0.2, -0.15) is 0 Å². The molecule has 0 saturated carbocycles. The maximum absolute atomic E-state index is 12.4. The highest BCUT2D eigenvalue weighted by atomic mass is 32.1. The Kier molecular flexibility index (Phi) is 4.55. The zero-order valence-electron chi connectivity index (χ0n) is 14.1. The summed E-state index contributed by atoms with van der Waals surface area (Å²) in [5.74, 6) is -1.28. The molecule has 1 fully saturated rings. The zero-order valence-corrected chi connectivity index (χ0v) is 14.9. The number of rotatable bonds is 5. The van der Waals surface area contributed by atoms with Crippen molar-refractivity contribution >= 4 is 39.3 Å². The molecule has 1 saturated heterocycles. The fraction of sp³-hybridized carbons (Fsp3) is 0.368. The van der Waals surface area contributed by atoms with Gasteiger partial charge in [-0.25, -0.2) is 4.98 Å². The van der Waals surface area contributed by atoms with Gasteiger partial charge in [0.25, 0.3) is 0 Å². The first kappa shape index (κ1) is 16.9. The predicted molar refractivity (Wildman–Crippen MR) is 96.1 cm³/mol. The molecule has 6 nitrogen and oxygen atoms in total. The molecule has 2 aromatic rings. The number of para-hydroxylation sites is 1. The fourth-order valence-corrected chi connectivity index (χ4v) is 4.37. The molecule has 1 aliphatic carbocycles. The van der Waals surface area contributed by atoms with E-state index in [2.05, 4.69) is 4.98 Å². The van der Waals surface area contributed by atoms with Crippen molar-refractivity contribution in [3.63, 3.8) is 0 Å². The first-order valence-electron chi connectivity index (χ1n) is 8.64. The monoisotopic (exact) mass is 370 g/mol. The van der Waals surface area contributed by atoms with Crippen molar-refractivity contribution in [3.05, 3.63) is 41.4 Å². The minimum absolute atomic E-state index is 0.00917. The van der Waals surface area contributed by atoms with Gasteiger partial charge in [0.15, 0.2) is 0 Å². The molecule has 2 atom stereocenters. The quantitative estimate of drug-likeness (QED) is 0.459. The summed E-state index contributed by atoms with van der Waals surface area (Å²) in [5.41, 5.74) is 0.882. The Labute approximate surface area is 154 Å². The highest BCUT2D eigenvalue weighted by Crippen LogP contribution is 2.35. The Balaban J connectivity index is 1.30. The second kappa shape index (κ2) is 6.99. The first-order chi connectivity index (χ1) is 12.6. The molecule has 0 bridgehead atoms. The maximum atomic E-state index is 12.4. The van der Waals surface area contributed by atoms with E-state index in [0.717, 1.165) is 15.2 Å². The van der Waals surface area contributed by atoms with E-state index >= 15 is 0 Å². The van der Waals surface area contributed by atoms with Crippen LogP contribution in [0.25, 0.3) is 10.2 Å². The molecule has 2 aliphatic rings. The number of ether oxygens (including phenoxy) is 1. The number of hydrogen-bond acceptors (Lipinski definition) is 6. The van der Waals surface area contributed by atoms with Crippen LogP contribution in [0.3, 0.4) is 0 Å². The largest absolute Gasteiger partial charge is 0.458 e. The minimum Gasteiger partial charge on any atom is -0.458 e. The van der Waals surface area contributed by atoms with E-state index in [9.17, 15) is 14.4 Å². The molecule has 4 rings (SSSR count). The van der Waals surface area contributed by atoms with E-state index in [1.54, 1.807) is 0 Å². The van der Waals surface area contributed by atoms with Crippen molar-refractivity contribution in [3.8, 4) is 0 Å². The number of carbonyl (C=O) groups excluding carboxylic acids is 3. The smallest absolute Gasteiger partial charge is 0.308 e. The summed E-state index contributed by atoms with van der Waals surface area (Å²) in [5, 5.41) is 0.727. The van der Waals surface area contributed by atoms with Crippen molar-refractivity contribution in [1.82, 2.24) is 9.88 Å². The number of nitrogens with zero attached hydrogens (tertiary/aromatic N) is 2. The summed E-state index contributed by atoms with van der Waals surface area (Å²) >= 11 is 1.48. The Bertz CT molecular complexity index is 845. The number of amides is 2. The van der Waals surface area contributed by atoms with Gasteiger partial charge in [-0.1, -0.05) is 24.3 Å². The van der Waals surface area contributed by atoms with Gasteiger partial charge in [0.05, 0.1) is 28.5 Å². The number of hydrogen-bond donors (Lipinski definition) is 0. The lowest BCUT2D eigenvalue weighted by molar-refractivity contribution is -0.146. The molecule has 0 N–H and O–H groups in total. The number of fused-ring (bicyclic) bond motifs is 2. The van der Waals surface area contributed by atoms with Crippen molar-refractivity contribution in [2.75, 3.05) is 6.54 Å². The van der Waals surface area contributed by atoms with Crippen LogP contribution in [-0.4, -0.2) is 34.2 Å². The van der Waals surface area contributed by atoms with Crippen molar-refractivity contribution in [2.45, 2.75) is 25.9 Å². The topological polar surface area (TPSA) is 76.6 Å². The number of thiazole rings is 1. The molecule has 1 aromatic heterocycles. The molecule has 2 heterocycles. The van der Waals surface area contributed by atoms with Gasteiger partial charge in [0.2, 0.25) is 11.8 Å². The Morgan fingerprint density at radius 3 is 2.54 bits per heavy atom. The minimum atomic E-state index is -0.433. The van der Waals surface area contributed by atoms with E-state index in [1.807, 2.05) is 36.4 Å². The molecule has 0 spiro atoms. The van der Waals surface area contributed by atoms with E-state index < -0.39 is 5.97 Å². The van der Waals surface area contributed by atoms with Crippen LogP contribution in [0.15, 0.2) is 36.4 Å². The number of likely N-dealkylation sites (tertiary alicyclic amines) is 1. The Morgan fingerprint density at radius 1 is 1.15 bits per heavy atom. The van der Waals surface area contributed by atoms with Gasteiger partial charge >= 0.3 is 5.97 Å². The normalized spacial score (nSPS) is 22.1. The Morgan fingerprint density at radius 2 is 1.85 bits per heavy atom. The van der Waals surface area contributed by atoms with Crippen molar-refractivity contribution < 1.29 is 19.1 Å². The summed E-state index contributed by atoms with van der Waals surface area (Å²) in [6, 6.07) is 7.73. The third-order valence-electron chi connectivity index (χ3n) is 4.83. The van der Waals surface area contributed by atoms with Crippen LogP contribution in [0.1, 0.15) is 24.3 Å². The number of carbonyl (C=O) groups is 3. The molecule has 7 heteroatoms. The summed E-state index contributed by atoms with van der Waals surface area (Å²) in [6.45, 7) is 0.193. The van der Waals surface area contributed by atoms with Crippen molar-refractivity contribution in [1.29, 1.82) is 0 Å². The van der Waals surface area contributed by atoms with Crippen LogP contribution in [0.5, 0.6) is 0 Å².